The molecule has 2 N–H and O–H groups in total. The van der Waals surface area contributed by atoms with Crippen LogP contribution >= 0.6 is 0 Å². The Morgan fingerprint density at radius 3 is 2.86 bits per heavy atom. The van der Waals surface area contributed by atoms with Gasteiger partial charge in [-0.2, -0.15) is 0 Å². The van der Waals surface area contributed by atoms with Gasteiger partial charge in [-0.25, -0.2) is 0 Å². The Bertz CT molecular complexity index is 181. The molecule has 14 heavy (non-hydrogen) atoms. The molecule has 1 rings (SSSR count). The van der Waals surface area contributed by atoms with Gasteiger partial charge in [-0.05, 0) is 32.4 Å². The van der Waals surface area contributed by atoms with E-state index in [0.29, 0.717) is 18.9 Å². The minimum Gasteiger partial charge on any atom is -0.385 e. The van der Waals surface area contributed by atoms with Crippen LogP contribution in [-0.2, 0) is 9.53 Å². The van der Waals surface area contributed by atoms with E-state index in [-0.39, 0.29) is 11.9 Å². The summed E-state index contributed by atoms with van der Waals surface area (Å²) in [6.07, 6.45) is 1.54. The summed E-state index contributed by atoms with van der Waals surface area (Å²) in [4.78, 5) is 11.4. The molecule has 82 valence electrons. The van der Waals surface area contributed by atoms with Crippen molar-refractivity contribution >= 4 is 5.91 Å². The number of carbonyl (C=O) groups is 1. The van der Waals surface area contributed by atoms with E-state index in [0.717, 1.165) is 19.5 Å². The zero-order valence-corrected chi connectivity index (χ0v) is 9.01. The highest BCUT2D eigenvalue weighted by atomic mass is 16.5. The highest BCUT2D eigenvalue weighted by Crippen LogP contribution is 2.07. The van der Waals surface area contributed by atoms with Crippen LogP contribution in [0.4, 0.5) is 0 Å². The SMILES string of the molecule is COCCC(C)NC(=O)CC1CNC1. The predicted octanol–water partition coefficient (Wildman–Crippen LogP) is 0.137. The van der Waals surface area contributed by atoms with Crippen molar-refractivity contribution in [1.82, 2.24) is 10.6 Å². The first kappa shape index (κ1) is 11.5. The average Bonchev–Trinajstić information content (AvgIpc) is 2.08. The lowest BCUT2D eigenvalue weighted by atomic mass is 9.99. The number of nitrogens with one attached hydrogen (secondary N) is 2. The Morgan fingerprint density at radius 2 is 2.36 bits per heavy atom. The third-order valence-electron chi connectivity index (χ3n) is 2.50. The first-order valence-electron chi connectivity index (χ1n) is 5.21. The van der Waals surface area contributed by atoms with Gasteiger partial charge in [0.25, 0.3) is 0 Å². The molecule has 1 amide bonds. The minimum absolute atomic E-state index is 0.167. The van der Waals surface area contributed by atoms with Crippen LogP contribution in [0.5, 0.6) is 0 Å². The average molecular weight is 200 g/mol. The quantitative estimate of drug-likeness (QED) is 0.641. The monoisotopic (exact) mass is 200 g/mol. The smallest absolute Gasteiger partial charge is 0.220 e. The van der Waals surface area contributed by atoms with Crippen LogP contribution in [0.25, 0.3) is 0 Å². The van der Waals surface area contributed by atoms with Crippen LogP contribution in [0.15, 0.2) is 0 Å². The molecule has 0 bridgehead atoms. The van der Waals surface area contributed by atoms with E-state index in [2.05, 4.69) is 10.6 Å². The maximum Gasteiger partial charge on any atom is 0.220 e. The van der Waals surface area contributed by atoms with Gasteiger partial charge in [0, 0.05) is 26.2 Å². The van der Waals surface area contributed by atoms with E-state index in [1.165, 1.54) is 0 Å². The van der Waals surface area contributed by atoms with Crippen LogP contribution in [0.1, 0.15) is 19.8 Å². The number of methoxy groups -OCH3 is 1. The van der Waals surface area contributed by atoms with Crippen molar-refractivity contribution in [1.29, 1.82) is 0 Å². The summed E-state index contributed by atoms with van der Waals surface area (Å²) in [6, 6.07) is 0.218. The maximum absolute atomic E-state index is 11.4. The fraction of sp³-hybridized carbons (Fsp3) is 0.900. The third-order valence-corrected chi connectivity index (χ3v) is 2.50. The van der Waals surface area contributed by atoms with Crippen molar-refractivity contribution in [2.75, 3.05) is 26.8 Å². The standard InChI is InChI=1S/C10H20N2O2/c1-8(3-4-14-2)12-10(13)5-9-6-11-7-9/h8-9,11H,3-7H2,1-2H3,(H,12,13). The van der Waals surface area contributed by atoms with Crippen molar-refractivity contribution in [3.63, 3.8) is 0 Å². The van der Waals surface area contributed by atoms with Gasteiger partial charge in [-0.1, -0.05) is 0 Å². The zero-order valence-electron chi connectivity index (χ0n) is 9.01. The van der Waals surface area contributed by atoms with Gasteiger partial charge in [0.15, 0.2) is 0 Å². The zero-order chi connectivity index (χ0) is 10.4. The van der Waals surface area contributed by atoms with Crippen LogP contribution in [0.3, 0.4) is 0 Å². The lowest BCUT2D eigenvalue weighted by molar-refractivity contribution is -0.123. The van der Waals surface area contributed by atoms with Crippen molar-refractivity contribution in [2.24, 2.45) is 5.92 Å². The summed E-state index contributed by atoms with van der Waals surface area (Å²) >= 11 is 0. The van der Waals surface area contributed by atoms with E-state index in [1.807, 2.05) is 6.92 Å². The van der Waals surface area contributed by atoms with Crippen LogP contribution in [0.2, 0.25) is 0 Å². The van der Waals surface area contributed by atoms with Crippen LogP contribution < -0.4 is 10.6 Å². The van der Waals surface area contributed by atoms with E-state index in [4.69, 9.17) is 4.74 Å². The van der Waals surface area contributed by atoms with Gasteiger partial charge in [0.1, 0.15) is 0 Å². The number of hydrogen-bond acceptors (Lipinski definition) is 3. The predicted molar refractivity (Wildman–Crippen MR) is 55.1 cm³/mol. The fourth-order valence-electron chi connectivity index (χ4n) is 1.46. The maximum atomic E-state index is 11.4. The lowest BCUT2D eigenvalue weighted by Crippen LogP contribution is -2.45. The Kier molecular flexibility index (Phi) is 4.90. The van der Waals surface area contributed by atoms with E-state index in [1.54, 1.807) is 7.11 Å². The Labute approximate surface area is 85.4 Å². The van der Waals surface area contributed by atoms with Gasteiger partial charge in [0.2, 0.25) is 5.91 Å². The van der Waals surface area contributed by atoms with E-state index in [9.17, 15) is 4.79 Å². The molecular formula is C10H20N2O2. The summed E-state index contributed by atoms with van der Waals surface area (Å²) in [5.41, 5.74) is 0. The van der Waals surface area contributed by atoms with Crippen LogP contribution in [0, 0.1) is 5.92 Å². The third kappa shape index (κ3) is 4.07. The molecule has 4 heteroatoms. The molecule has 1 heterocycles. The molecule has 0 aliphatic carbocycles. The molecule has 0 aromatic carbocycles. The molecule has 1 fully saturated rings. The molecule has 0 radical (unpaired) electrons. The molecular weight excluding hydrogens is 180 g/mol. The van der Waals surface area contributed by atoms with Gasteiger partial charge in [-0.3, -0.25) is 4.79 Å². The number of amides is 1. The molecule has 1 aliphatic heterocycles. The second kappa shape index (κ2) is 5.98. The second-order valence-electron chi connectivity index (χ2n) is 3.98. The topological polar surface area (TPSA) is 50.4 Å². The first-order valence-corrected chi connectivity index (χ1v) is 5.21. The minimum atomic E-state index is 0.167. The molecule has 0 aromatic rings. The summed E-state index contributed by atoms with van der Waals surface area (Å²) in [5, 5.41) is 6.12. The van der Waals surface area contributed by atoms with Gasteiger partial charge in [0.05, 0.1) is 0 Å². The summed E-state index contributed by atoms with van der Waals surface area (Å²) in [6.45, 7) is 4.68. The summed E-state index contributed by atoms with van der Waals surface area (Å²) in [7, 11) is 1.68. The largest absolute Gasteiger partial charge is 0.385 e. The Morgan fingerprint density at radius 1 is 1.64 bits per heavy atom. The van der Waals surface area contributed by atoms with E-state index < -0.39 is 0 Å². The van der Waals surface area contributed by atoms with Crippen molar-refractivity contribution in [3.8, 4) is 0 Å². The van der Waals surface area contributed by atoms with E-state index >= 15 is 0 Å². The lowest BCUT2D eigenvalue weighted by Gasteiger charge is -2.27. The summed E-state index contributed by atoms with van der Waals surface area (Å²) in [5.74, 6) is 0.713. The van der Waals surface area contributed by atoms with Gasteiger partial charge >= 0.3 is 0 Å². The first-order chi connectivity index (χ1) is 6.72. The van der Waals surface area contributed by atoms with Crippen LogP contribution in [-0.4, -0.2) is 38.8 Å². The second-order valence-corrected chi connectivity index (χ2v) is 3.98. The molecule has 1 aliphatic rings. The van der Waals surface area contributed by atoms with Crippen molar-refractivity contribution < 1.29 is 9.53 Å². The van der Waals surface area contributed by atoms with Gasteiger partial charge in [-0.15, -0.1) is 0 Å². The molecule has 0 spiro atoms. The molecule has 1 saturated heterocycles. The molecule has 0 aromatic heterocycles. The van der Waals surface area contributed by atoms with Gasteiger partial charge < -0.3 is 15.4 Å². The van der Waals surface area contributed by atoms with Crippen molar-refractivity contribution in [3.05, 3.63) is 0 Å². The fourth-order valence-corrected chi connectivity index (χ4v) is 1.46. The summed E-state index contributed by atoms with van der Waals surface area (Å²) < 4.78 is 4.95. The number of carbonyl (C=O) groups excluding carboxylic acids is 1. The molecule has 1 atom stereocenters. The Hall–Kier alpha value is -0.610. The molecule has 1 unspecified atom stereocenters. The number of rotatable bonds is 6. The highest BCUT2D eigenvalue weighted by Gasteiger charge is 2.20. The molecule has 4 nitrogen and oxygen atoms in total. The van der Waals surface area contributed by atoms with Crippen molar-refractivity contribution in [2.45, 2.75) is 25.8 Å². The normalized spacial score (nSPS) is 18.7. The molecule has 0 saturated carbocycles. The Balaban J connectivity index is 2.05. The number of ether oxygens (including phenoxy) is 1. The number of hydrogen-bond donors (Lipinski definition) is 2. The highest BCUT2D eigenvalue weighted by molar-refractivity contribution is 5.76.